The van der Waals surface area contributed by atoms with Gasteiger partial charge in [0.25, 0.3) is 0 Å². The third-order valence-electron chi connectivity index (χ3n) is 7.90. The smallest absolute Gasteiger partial charge is 0.725 e. The van der Waals surface area contributed by atoms with E-state index in [0.29, 0.717) is 30.6 Å². The van der Waals surface area contributed by atoms with Crippen molar-refractivity contribution in [2.24, 2.45) is 29.1 Å². The molecule has 0 unspecified atom stereocenters. The molecule has 4 rings (SSSR count). The number of carbonyl (C=O) groups excluding carboxylic acids is 1. The second-order valence-electron chi connectivity index (χ2n) is 8.76. The summed E-state index contributed by atoms with van der Waals surface area (Å²) in [6.07, 6.45) is 14.0. The van der Waals surface area contributed by atoms with E-state index in [9.17, 15) is 17.8 Å². The average molecular weight is 400 g/mol. The van der Waals surface area contributed by atoms with Gasteiger partial charge in [-0.25, -0.2) is 8.42 Å². The first-order valence-corrected chi connectivity index (χ1v) is 10.9. The maximum absolute atomic E-state index is 11.8. The molecule has 0 bridgehead atoms. The van der Waals surface area contributed by atoms with E-state index in [1.807, 2.05) is 13.0 Å². The van der Waals surface area contributed by atoms with Crippen LogP contribution in [0.25, 0.3) is 0 Å². The summed E-state index contributed by atoms with van der Waals surface area (Å²) in [7, 11) is -4.86. The molecule has 27 heavy (non-hydrogen) atoms. The SMILES string of the molecule is C#C[C@@]1(OS(=O)(=O)[O-])CC[C@@H]2[C@H]3CCC4=CC(=O)CC[C@H]4[C@@H]3CC[C@]21C.[Na+]. The van der Waals surface area contributed by atoms with Gasteiger partial charge in [-0.1, -0.05) is 18.4 Å². The van der Waals surface area contributed by atoms with Crippen molar-refractivity contribution in [3.8, 4) is 12.3 Å². The summed E-state index contributed by atoms with van der Waals surface area (Å²) < 4.78 is 39.1. The molecule has 4 aliphatic carbocycles. The quantitative estimate of drug-likeness (QED) is 0.282. The first-order chi connectivity index (χ1) is 12.2. The van der Waals surface area contributed by atoms with E-state index in [2.05, 4.69) is 5.92 Å². The van der Waals surface area contributed by atoms with Gasteiger partial charge in [0.05, 0.1) is 0 Å². The van der Waals surface area contributed by atoms with Crippen LogP contribution in [0.4, 0.5) is 0 Å². The second-order valence-corrected chi connectivity index (χ2v) is 9.74. The summed E-state index contributed by atoms with van der Waals surface area (Å²) in [5, 5.41) is 0. The summed E-state index contributed by atoms with van der Waals surface area (Å²) in [6.45, 7) is 2.02. The van der Waals surface area contributed by atoms with Crippen LogP contribution in [0.1, 0.15) is 58.3 Å². The molecule has 0 saturated heterocycles. The number of carbonyl (C=O) groups is 1. The van der Waals surface area contributed by atoms with E-state index in [4.69, 9.17) is 10.6 Å². The largest absolute Gasteiger partial charge is 1.00 e. The number of fused-ring (bicyclic) bond motifs is 5. The Bertz CT molecular complexity index is 813. The van der Waals surface area contributed by atoms with Gasteiger partial charge < -0.3 is 4.55 Å². The minimum absolute atomic E-state index is 0. The van der Waals surface area contributed by atoms with Crippen LogP contribution in [-0.4, -0.2) is 24.4 Å². The molecule has 0 radical (unpaired) electrons. The van der Waals surface area contributed by atoms with E-state index in [0.717, 1.165) is 38.5 Å². The number of terminal acetylenes is 1. The molecule has 0 amide bonds. The summed E-state index contributed by atoms with van der Waals surface area (Å²) >= 11 is 0. The Labute approximate surface area is 183 Å². The van der Waals surface area contributed by atoms with Crippen LogP contribution in [-0.2, 0) is 19.4 Å². The van der Waals surface area contributed by atoms with Crippen molar-refractivity contribution >= 4 is 16.2 Å². The molecule has 0 heterocycles. The van der Waals surface area contributed by atoms with Crippen molar-refractivity contribution < 1.29 is 51.5 Å². The topological polar surface area (TPSA) is 83.5 Å². The molecule has 0 aromatic heterocycles. The molecule has 0 aliphatic heterocycles. The summed E-state index contributed by atoms with van der Waals surface area (Å²) in [5.74, 6) is 4.54. The maximum Gasteiger partial charge on any atom is 1.00 e. The van der Waals surface area contributed by atoms with Crippen LogP contribution < -0.4 is 29.6 Å². The Balaban J connectivity index is 0.00000210. The Morgan fingerprint density at radius 1 is 1.19 bits per heavy atom. The van der Waals surface area contributed by atoms with Gasteiger partial charge in [0.2, 0.25) is 10.4 Å². The Morgan fingerprint density at radius 3 is 2.59 bits per heavy atom. The number of hydrogen-bond donors (Lipinski definition) is 0. The zero-order valence-electron chi connectivity index (χ0n) is 16.1. The molecule has 0 spiro atoms. The van der Waals surface area contributed by atoms with Gasteiger partial charge in [0.15, 0.2) is 11.4 Å². The fourth-order valence-corrected chi connectivity index (χ4v) is 7.42. The number of rotatable bonds is 2. The van der Waals surface area contributed by atoms with Crippen LogP contribution in [0.3, 0.4) is 0 Å². The van der Waals surface area contributed by atoms with Crippen molar-refractivity contribution in [1.29, 1.82) is 0 Å². The minimum Gasteiger partial charge on any atom is -0.725 e. The summed E-state index contributed by atoms with van der Waals surface area (Å²) in [5.41, 5.74) is -0.501. The van der Waals surface area contributed by atoms with E-state index in [-0.39, 0.29) is 41.3 Å². The molecule has 6 atom stereocenters. The summed E-state index contributed by atoms with van der Waals surface area (Å²) in [6, 6.07) is 0. The van der Waals surface area contributed by atoms with E-state index < -0.39 is 21.4 Å². The van der Waals surface area contributed by atoms with Crippen molar-refractivity contribution in [3.05, 3.63) is 11.6 Å². The molecule has 3 saturated carbocycles. The molecule has 4 aliphatic rings. The van der Waals surface area contributed by atoms with Gasteiger partial charge in [0.1, 0.15) is 0 Å². The Morgan fingerprint density at radius 2 is 1.93 bits per heavy atom. The van der Waals surface area contributed by atoms with Gasteiger partial charge in [-0.2, -0.15) is 0 Å². The van der Waals surface area contributed by atoms with Crippen molar-refractivity contribution in [1.82, 2.24) is 0 Å². The number of hydrogen-bond acceptors (Lipinski definition) is 5. The molecule has 5 nitrogen and oxygen atoms in total. The predicted octanol–water partition coefficient (Wildman–Crippen LogP) is -0.0190. The fraction of sp³-hybridized carbons (Fsp3) is 0.750. The van der Waals surface area contributed by atoms with Gasteiger partial charge in [-0.3, -0.25) is 8.98 Å². The molecule has 0 aromatic carbocycles. The molecule has 142 valence electrons. The molecule has 0 aromatic rings. The normalized spacial score (nSPS) is 43.4. The standard InChI is InChI=1S/C20H26O5S.Na/c1-3-20(25-26(22,23)24)11-9-18-17-6-4-13-12-14(21)5-7-15(13)16(17)8-10-19(18,20)2;/h1,12,15-18H,4-11H2,2H3,(H,22,23,24);/q;+1/p-1/t15-,16+,17+,18-,19-,20-;/m1./s1. The van der Waals surface area contributed by atoms with Crippen molar-refractivity contribution in [2.75, 3.05) is 0 Å². The van der Waals surface area contributed by atoms with Gasteiger partial charge >= 0.3 is 29.6 Å². The molecular formula is C20H25NaO5S. The first kappa shape index (κ1) is 21.5. The van der Waals surface area contributed by atoms with Crippen molar-refractivity contribution in [3.63, 3.8) is 0 Å². The third-order valence-corrected chi connectivity index (χ3v) is 8.39. The average Bonchev–Trinajstić information content (AvgIpc) is 2.86. The Hall–Kier alpha value is -0.160. The summed E-state index contributed by atoms with van der Waals surface area (Å²) in [4.78, 5) is 11.8. The van der Waals surface area contributed by atoms with Crippen LogP contribution in [0.2, 0.25) is 0 Å². The predicted molar refractivity (Wildman–Crippen MR) is 94.4 cm³/mol. The third kappa shape index (κ3) is 3.39. The second kappa shape index (κ2) is 7.27. The van der Waals surface area contributed by atoms with Gasteiger partial charge in [0, 0.05) is 11.8 Å². The van der Waals surface area contributed by atoms with Gasteiger partial charge in [-0.05, 0) is 74.7 Å². The van der Waals surface area contributed by atoms with E-state index in [1.54, 1.807) is 0 Å². The monoisotopic (exact) mass is 400 g/mol. The molecule has 0 N–H and O–H groups in total. The van der Waals surface area contributed by atoms with Crippen LogP contribution >= 0.6 is 0 Å². The number of ketones is 1. The Kier molecular flexibility index (Phi) is 5.80. The fourth-order valence-electron chi connectivity index (χ4n) is 6.75. The van der Waals surface area contributed by atoms with Gasteiger partial charge in [-0.15, -0.1) is 6.42 Å². The maximum atomic E-state index is 11.8. The zero-order chi connectivity index (χ0) is 18.7. The minimum atomic E-state index is -4.86. The van der Waals surface area contributed by atoms with E-state index in [1.165, 1.54) is 5.57 Å². The van der Waals surface area contributed by atoms with Crippen LogP contribution in [0, 0.1) is 41.4 Å². The molecular weight excluding hydrogens is 375 g/mol. The first-order valence-electron chi connectivity index (χ1n) is 9.57. The van der Waals surface area contributed by atoms with Crippen LogP contribution in [0.5, 0.6) is 0 Å². The van der Waals surface area contributed by atoms with E-state index >= 15 is 0 Å². The number of allylic oxidation sites excluding steroid dienone is 1. The zero-order valence-corrected chi connectivity index (χ0v) is 18.9. The van der Waals surface area contributed by atoms with Crippen molar-refractivity contribution in [2.45, 2.75) is 63.9 Å². The van der Waals surface area contributed by atoms with Crippen LogP contribution in [0.15, 0.2) is 11.6 Å². The molecule has 3 fully saturated rings. The molecule has 7 heteroatoms.